The van der Waals surface area contributed by atoms with Crippen LogP contribution in [0.2, 0.25) is 17.3 Å². The molecule has 0 bridgehead atoms. The number of aromatic nitrogens is 3. The Balaban J connectivity index is 0.000000204. The average Bonchev–Trinajstić information content (AvgIpc) is 3.45. The number of fused-ring (bicyclic) bond motifs is 3. The van der Waals surface area contributed by atoms with Gasteiger partial charge in [0.1, 0.15) is 0 Å². The summed E-state index contributed by atoms with van der Waals surface area (Å²) in [6.45, 7) is 1.73. The van der Waals surface area contributed by atoms with Crippen molar-refractivity contribution in [2.24, 2.45) is 0 Å². The third-order valence-electron chi connectivity index (χ3n) is 7.61. The van der Waals surface area contributed by atoms with E-state index in [9.17, 15) is 0 Å². The Kier molecular flexibility index (Phi) is 8.78. The first-order chi connectivity index (χ1) is 23.2. The van der Waals surface area contributed by atoms with E-state index < -0.39 is 26.0 Å². The van der Waals surface area contributed by atoms with Crippen molar-refractivity contribution in [1.29, 1.82) is 0 Å². The van der Waals surface area contributed by atoms with Gasteiger partial charge in [-0.3, -0.25) is 0 Å². The second kappa shape index (κ2) is 14.3. The van der Waals surface area contributed by atoms with Gasteiger partial charge in [-0.25, -0.2) is 4.98 Å². The molecule has 6 heteroatoms. The number of benzene rings is 3. The topological polar surface area (TPSA) is 51.8 Å². The number of nitrogens with zero attached hydrogens (tertiary/aromatic N) is 3. The summed E-state index contributed by atoms with van der Waals surface area (Å²) in [5, 5.41) is 1.78. The Morgan fingerprint density at radius 2 is 1.59 bits per heavy atom. The molecule has 1 radical (unpaired) electrons. The smallest absolute Gasteiger partial charge is 0.216 e. The van der Waals surface area contributed by atoms with Gasteiger partial charge in [-0.05, 0) is 30.7 Å². The van der Waals surface area contributed by atoms with Crippen LogP contribution in [0.5, 0.6) is 0 Å². The van der Waals surface area contributed by atoms with Crippen LogP contribution in [0.1, 0.15) is 36.4 Å². The van der Waals surface area contributed by atoms with Crippen molar-refractivity contribution < 1.29 is 30.0 Å². The van der Waals surface area contributed by atoms with Crippen molar-refractivity contribution in [3.63, 3.8) is 0 Å². The van der Waals surface area contributed by atoms with E-state index in [-0.39, 0.29) is 25.7 Å². The van der Waals surface area contributed by atoms with Crippen LogP contribution < -0.4 is 4.40 Å². The Hall–Kier alpha value is -3.90. The molecule has 0 saturated carbocycles. The zero-order valence-corrected chi connectivity index (χ0v) is 31.0. The fourth-order valence-corrected chi connectivity index (χ4v) is 8.58. The van der Waals surface area contributed by atoms with Gasteiger partial charge in [-0.15, -0.1) is 23.8 Å². The second-order valence-corrected chi connectivity index (χ2v) is 22.8. The molecule has 0 N–H and O–H groups in total. The normalized spacial score (nSPS) is 13.1. The number of aryl methyl sites for hydroxylation is 1. The zero-order chi connectivity index (χ0) is 35.0. The van der Waals surface area contributed by atoms with Crippen molar-refractivity contribution in [1.82, 2.24) is 15.0 Å². The largest absolute Gasteiger partial charge is 0.486 e. The number of rotatable bonds is 5. The molecule has 4 heterocycles. The molecule has 0 fully saturated rings. The number of hydrogen-bond acceptors (Lipinski definition) is 4. The standard InChI is InChI=1S/C23H15N2O.C17H22GeN.Ir/c1-15-11-12-24-21(13-15)17-7-10-22-19(14-17)18-8-9-20(25-23(18)26-22)16-5-3-2-4-6-16;1-13(2)15-11-17(14-9-7-6-8-10-14)19-12-16(15)18(3,4)5;/h2-6,8-14H,1H3;6-9,11-13H,1-5H3;/q2*-1;/i1D3;13D;. The molecule has 7 rings (SSSR count). The number of pyridine rings is 3. The van der Waals surface area contributed by atoms with Crippen LogP contribution in [-0.2, 0) is 20.1 Å². The molecule has 46 heavy (non-hydrogen) atoms. The maximum Gasteiger partial charge on any atom is 0.216 e. The number of hydrogen-bond donors (Lipinski definition) is 0. The zero-order valence-electron chi connectivity index (χ0n) is 30.5. The quantitative estimate of drug-likeness (QED) is 0.128. The Morgan fingerprint density at radius 1 is 0.804 bits per heavy atom. The molecule has 0 atom stereocenters. The third-order valence-corrected chi connectivity index (χ3v) is 11.8. The van der Waals surface area contributed by atoms with Gasteiger partial charge in [0.2, 0.25) is 5.71 Å². The van der Waals surface area contributed by atoms with Gasteiger partial charge in [0, 0.05) is 41.4 Å². The van der Waals surface area contributed by atoms with Crippen molar-refractivity contribution in [3.8, 4) is 33.8 Å². The minimum absolute atomic E-state index is 0. The molecule has 0 aliphatic carbocycles. The fourth-order valence-electron chi connectivity index (χ4n) is 5.26. The Morgan fingerprint density at radius 3 is 2.30 bits per heavy atom. The molecule has 4 nitrogen and oxygen atoms in total. The molecule has 0 saturated heterocycles. The van der Waals surface area contributed by atoms with Gasteiger partial charge in [-0.2, -0.15) is 0 Å². The predicted molar refractivity (Wildman–Crippen MR) is 189 cm³/mol. The third kappa shape index (κ3) is 7.39. The first kappa shape index (κ1) is 28.3. The summed E-state index contributed by atoms with van der Waals surface area (Å²) in [6.07, 6.45) is 3.51. The minimum atomic E-state index is -2.18. The average molecular weight is 845 g/mol. The van der Waals surface area contributed by atoms with E-state index in [0.717, 1.165) is 38.9 Å². The minimum Gasteiger partial charge on any atom is -0.486 e. The van der Waals surface area contributed by atoms with Gasteiger partial charge >= 0.3 is 120 Å². The van der Waals surface area contributed by atoms with Crippen molar-refractivity contribution in [2.45, 2.75) is 43.9 Å². The van der Waals surface area contributed by atoms with Gasteiger partial charge < -0.3 is 9.40 Å². The molecular weight excluding hydrogens is 803 g/mol. The summed E-state index contributed by atoms with van der Waals surface area (Å²) < 4.78 is 38.5. The van der Waals surface area contributed by atoms with Crippen LogP contribution in [0, 0.1) is 19.0 Å². The van der Waals surface area contributed by atoms with Gasteiger partial charge in [0.15, 0.2) is 0 Å². The summed E-state index contributed by atoms with van der Waals surface area (Å²) in [4.78, 5) is 13.6. The van der Waals surface area contributed by atoms with Crippen LogP contribution in [0.3, 0.4) is 0 Å². The molecule has 0 aliphatic heterocycles. The first-order valence-electron chi connectivity index (χ1n) is 16.9. The van der Waals surface area contributed by atoms with E-state index in [1.165, 1.54) is 16.7 Å². The van der Waals surface area contributed by atoms with Crippen molar-refractivity contribution in [2.75, 3.05) is 0 Å². The van der Waals surface area contributed by atoms with E-state index in [2.05, 4.69) is 50.4 Å². The number of furan rings is 1. The van der Waals surface area contributed by atoms with Gasteiger partial charge in [0.05, 0.1) is 11.3 Å². The van der Waals surface area contributed by atoms with Crippen LogP contribution in [-0.4, -0.2) is 28.2 Å². The van der Waals surface area contributed by atoms with E-state index in [0.29, 0.717) is 22.6 Å². The summed E-state index contributed by atoms with van der Waals surface area (Å²) in [5.41, 5.74) is 7.63. The Bertz CT molecular complexity index is 2240. The van der Waals surface area contributed by atoms with Crippen LogP contribution in [0.4, 0.5) is 0 Å². The molecule has 4 aromatic heterocycles. The molecule has 0 spiro atoms. The summed E-state index contributed by atoms with van der Waals surface area (Å²) in [6, 6.07) is 37.0. The van der Waals surface area contributed by atoms with Gasteiger partial charge in [-0.1, -0.05) is 47.3 Å². The molecule has 0 amide bonds. The monoisotopic (exact) mass is 846 g/mol. The summed E-state index contributed by atoms with van der Waals surface area (Å²) in [5.74, 6) is 6.45. The molecule has 0 aliphatic rings. The Labute approximate surface area is 293 Å². The maximum atomic E-state index is 8.44. The SMILES string of the molecule is [2H]C(C)(C)c1cc(-c2[c-]cccc2)nc[c]1[Ge]([CH3])([CH3])[CH3].[2H]C([2H])([2H])c1ccnc(-c2[c-]cc3oc4nc(-c5ccccc5)ccc4c3c2)c1.[Ir]. The molecule has 7 aromatic rings. The second-order valence-electron chi connectivity index (χ2n) is 12.2. The molecule has 0 unspecified atom stereocenters. The maximum absolute atomic E-state index is 8.44. The van der Waals surface area contributed by atoms with E-state index >= 15 is 0 Å². The van der Waals surface area contributed by atoms with E-state index in [1.54, 1.807) is 12.1 Å². The van der Waals surface area contributed by atoms with E-state index in [1.807, 2.05) is 92.8 Å². The molecule has 3 aromatic carbocycles. The fraction of sp³-hybridized carbons (Fsp3) is 0.175. The summed E-state index contributed by atoms with van der Waals surface area (Å²) in [7, 11) is 0. The van der Waals surface area contributed by atoms with Crippen molar-refractivity contribution in [3.05, 3.63) is 133 Å². The van der Waals surface area contributed by atoms with E-state index in [4.69, 9.17) is 9.90 Å². The molecule has 233 valence electrons. The van der Waals surface area contributed by atoms with Crippen LogP contribution in [0.15, 0.2) is 114 Å². The van der Waals surface area contributed by atoms with Crippen LogP contribution in [0.25, 0.3) is 55.8 Å². The predicted octanol–water partition coefficient (Wildman–Crippen LogP) is 10.0. The van der Waals surface area contributed by atoms with Crippen molar-refractivity contribution >= 4 is 39.7 Å². The first-order valence-corrected chi connectivity index (χ1v) is 22.3. The van der Waals surface area contributed by atoms with Gasteiger partial charge in [0.25, 0.3) is 0 Å². The van der Waals surface area contributed by atoms with Crippen LogP contribution >= 0.6 is 0 Å². The molecular formula is C40H37GeIrN3O-2. The summed E-state index contributed by atoms with van der Waals surface area (Å²) >= 11 is -2.03.